The fourth-order valence-electron chi connectivity index (χ4n) is 2.66. The van der Waals surface area contributed by atoms with E-state index >= 15 is 0 Å². The monoisotopic (exact) mass is 304 g/mol. The molecule has 0 atom stereocenters. The summed E-state index contributed by atoms with van der Waals surface area (Å²) >= 11 is 0. The molecular formula is C20H16O3. The van der Waals surface area contributed by atoms with E-state index in [1.807, 2.05) is 6.92 Å². The van der Waals surface area contributed by atoms with Crippen molar-refractivity contribution in [1.29, 1.82) is 0 Å². The fraction of sp³-hybridized carbons (Fsp3) is 0.200. The van der Waals surface area contributed by atoms with Crippen molar-refractivity contribution in [3.05, 3.63) is 64.7 Å². The molecule has 0 aliphatic heterocycles. The lowest BCUT2D eigenvalue weighted by atomic mass is 9.83. The van der Waals surface area contributed by atoms with E-state index in [-0.39, 0.29) is 11.6 Å². The summed E-state index contributed by atoms with van der Waals surface area (Å²) in [7, 11) is 0. The molecule has 114 valence electrons. The van der Waals surface area contributed by atoms with Crippen molar-refractivity contribution >= 4 is 11.6 Å². The number of fused-ring (bicyclic) bond motifs is 2. The number of benzene rings is 2. The summed E-state index contributed by atoms with van der Waals surface area (Å²) in [5.74, 6) is 6.13. The van der Waals surface area contributed by atoms with Crippen molar-refractivity contribution in [2.75, 3.05) is 6.61 Å². The fourth-order valence-corrected chi connectivity index (χ4v) is 2.66. The number of carbonyl (C=O) groups is 2. The minimum Gasteiger partial charge on any atom is -0.492 e. The third kappa shape index (κ3) is 2.76. The highest BCUT2D eigenvalue weighted by atomic mass is 16.5. The van der Waals surface area contributed by atoms with E-state index in [0.717, 1.165) is 6.42 Å². The van der Waals surface area contributed by atoms with Gasteiger partial charge in [0.15, 0.2) is 11.6 Å². The molecule has 2 aromatic rings. The zero-order chi connectivity index (χ0) is 16.2. The number of rotatable bonds is 3. The summed E-state index contributed by atoms with van der Waals surface area (Å²) in [6, 6.07) is 12.0. The Morgan fingerprint density at radius 2 is 1.57 bits per heavy atom. The number of ketones is 2. The molecule has 3 heteroatoms. The van der Waals surface area contributed by atoms with Gasteiger partial charge in [-0.1, -0.05) is 49.2 Å². The lowest BCUT2D eigenvalue weighted by Gasteiger charge is -2.19. The molecule has 23 heavy (non-hydrogen) atoms. The molecule has 0 aromatic heterocycles. The van der Waals surface area contributed by atoms with E-state index in [1.54, 1.807) is 42.5 Å². The molecule has 0 bridgehead atoms. The average molecular weight is 304 g/mol. The Labute approximate surface area is 135 Å². The van der Waals surface area contributed by atoms with Gasteiger partial charge in [0, 0.05) is 29.5 Å². The number of hydrogen-bond donors (Lipinski definition) is 0. The van der Waals surface area contributed by atoms with Gasteiger partial charge in [0.05, 0.1) is 12.2 Å². The first-order valence-electron chi connectivity index (χ1n) is 7.64. The van der Waals surface area contributed by atoms with Crippen molar-refractivity contribution in [3.8, 4) is 17.6 Å². The van der Waals surface area contributed by atoms with Gasteiger partial charge < -0.3 is 4.74 Å². The summed E-state index contributed by atoms with van der Waals surface area (Å²) in [5, 5.41) is 0. The summed E-state index contributed by atoms with van der Waals surface area (Å²) in [4.78, 5) is 25.3. The highest BCUT2D eigenvalue weighted by Gasteiger charge is 2.31. The summed E-state index contributed by atoms with van der Waals surface area (Å²) < 4.78 is 5.71. The molecule has 3 rings (SSSR count). The van der Waals surface area contributed by atoms with Crippen LogP contribution in [-0.2, 0) is 0 Å². The lowest BCUT2D eigenvalue weighted by molar-refractivity contribution is 0.0975. The Morgan fingerprint density at radius 1 is 0.870 bits per heavy atom. The Balaban J connectivity index is 1.94. The molecule has 1 aliphatic rings. The Bertz CT molecular complexity index is 837. The van der Waals surface area contributed by atoms with Gasteiger partial charge in [0.2, 0.25) is 0 Å². The first-order valence-corrected chi connectivity index (χ1v) is 7.64. The zero-order valence-electron chi connectivity index (χ0n) is 12.9. The van der Waals surface area contributed by atoms with Crippen molar-refractivity contribution in [1.82, 2.24) is 0 Å². The zero-order valence-corrected chi connectivity index (χ0v) is 12.9. The molecule has 0 heterocycles. The second-order valence-electron chi connectivity index (χ2n) is 5.19. The predicted octanol–water partition coefficient (Wildman–Crippen LogP) is 3.64. The van der Waals surface area contributed by atoms with Crippen molar-refractivity contribution < 1.29 is 14.3 Å². The number of ether oxygens (including phenoxy) is 1. The van der Waals surface area contributed by atoms with E-state index < -0.39 is 0 Å². The topological polar surface area (TPSA) is 43.4 Å². The molecule has 2 aromatic carbocycles. The predicted molar refractivity (Wildman–Crippen MR) is 87.9 cm³/mol. The minimum atomic E-state index is -0.162. The normalized spacial score (nSPS) is 12.0. The van der Waals surface area contributed by atoms with E-state index in [0.29, 0.717) is 41.0 Å². The maximum atomic E-state index is 12.7. The van der Waals surface area contributed by atoms with Gasteiger partial charge in [-0.3, -0.25) is 9.59 Å². The van der Waals surface area contributed by atoms with Crippen LogP contribution in [0.3, 0.4) is 0 Å². The smallest absolute Gasteiger partial charge is 0.198 e. The van der Waals surface area contributed by atoms with Gasteiger partial charge in [0.1, 0.15) is 5.75 Å². The van der Waals surface area contributed by atoms with Crippen LogP contribution in [0.2, 0.25) is 0 Å². The SMILES string of the molecule is CCC#CCCOc1cccc2c1C(=O)c1ccccc1C2=O. The van der Waals surface area contributed by atoms with Crippen LogP contribution >= 0.6 is 0 Å². The quantitative estimate of drug-likeness (QED) is 0.548. The molecule has 0 fully saturated rings. The molecular weight excluding hydrogens is 288 g/mol. The van der Waals surface area contributed by atoms with Crippen LogP contribution < -0.4 is 4.74 Å². The van der Waals surface area contributed by atoms with E-state index in [2.05, 4.69) is 11.8 Å². The van der Waals surface area contributed by atoms with Crippen molar-refractivity contribution in [2.24, 2.45) is 0 Å². The van der Waals surface area contributed by atoms with Gasteiger partial charge in [-0.15, -0.1) is 5.92 Å². The first-order chi connectivity index (χ1) is 11.2. The Hall–Kier alpha value is -2.86. The molecule has 0 amide bonds. The molecule has 0 saturated heterocycles. The standard InChI is InChI=1S/C20H16O3/c1-2-3-4-7-13-23-17-12-8-11-16-18(17)20(22)15-10-6-5-9-14(15)19(16)21/h5-6,8-12H,2,7,13H2,1H3. The van der Waals surface area contributed by atoms with Crippen LogP contribution in [0.4, 0.5) is 0 Å². The number of carbonyl (C=O) groups excluding carboxylic acids is 2. The van der Waals surface area contributed by atoms with Gasteiger partial charge in [-0.2, -0.15) is 0 Å². The van der Waals surface area contributed by atoms with Gasteiger partial charge >= 0.3 is 0 Å². The summed E-state index contributed by atoms with van der Waals surface area (Å²) in [6.45, 7) is 2.38. The Kier molecular flexibility index (Phi) is 4.25. The van der Waals surface area contributed by atoms with E-state index in [4.69, 9.17) is 4.74 Å². The molecule has 0 spiro atoms. The maximum Gasteiger partial charge on any atom is 0.198 e. The first kappa shape index (κ1) is 15.1. The summed E-state index contributed by atoms with van der Waals surface area (Å²) in [6.07, 6.45) is 1.40. The molecule has 1 aliphatic carbocycles. The van der Waals surface area contributed by atoms with Crippen molar-refractivity contribution in [3.63, 3.8) is 0 Å². The third-order valence-electron chi connectivity index (χ3n) is 3.70. The van der Waals surface area contributed by atoms with Gasteiger partial charge in [0.25, 0.3) is 0 Å². The van der Waals surface area contributed by atoms with Crippen molar-refractivity contribution in [2.45, 2.75) is 19.8 Å². The van der Waals surface area contributed by atoms with Crippen LogP contribution in [0.25, 0.3) is 0 Å². The Morgan fingerprint density at radius 3 is 2.30 bits per heavy atom. The third-order valence-corrected chi connectivity index (χ3v) is 3.70. The number of hydrogen-bond acceptors (Lipinski definition) is 3. The molecule has 3 nitrogen and oxygen atoms in total. The van der Waals surface area contributed by atoms with Gasteiger partial charge in [-0.05, 0) is 6.07 Å². The highest BCUT2D eigenvalue weighted by Crippen LogP contribution is 2.33. The summed E-state index contributed by atoms with van der Waals surface area (Å²) in [5.41, 5.74) is 1.66. The average Bonchev–Trinajstić information content (AvgIpc) is 2.59. The van der Waals surface area contributed by atoms with Crippen LogP contribution in [0.15, 0.2) is 42.5 Å². The van der Waals surface area contributed by atoms with E-state index in [9.17, 15) is 9.59 Å². The molecule has 0 unspecified atom stereocenters. The van der Waals surface area contributed by atoms with Crippen LogP contribution in [0, 0.1) is 11.8 Å². The second kappa shape index (κ2) is 6.50. The van der Waals surface area contributed by atoms with Crippen LogP contribution in [0.5, 0.6) is 5.75 Å². The molecule has 0 radical (unpaired) electrons. The highest BCUT2D eigenvalue weighted by molar-refractivity contribution is 6.29. The lowest BCUT2D eigenvalue weighted by Crippen LogP contribution is -2.21. The van der Waals surface area contributed by atoms with Crippen LogP contribution in [-0.4, -0.2) is 18.2 Å². The second-order valence-corrected chi connectivity index (χ2v) is 5.19. The van der Waals surface area contributed by atoms with E-state index in [1.165, 1.54) is 0 Å². The maximum absolute atomic E-state index is 12.7. The van der Waals surface area contributed by atoms with Crippen LogP contribution in [0.1, 0.15) is 51.6 Å². The minimum absolute atomic E-state index is 0.133. The largest absolute Gasteiger partial charge is 0.492 e. The molecule has 0 saturated carbocycles. The van der Waals surface area contributed by atoms with Gasteiger partial charge in [-0.25, -0.2) is 0 Å². The molecule has 0 N–H and O–H groups in total.